The highest BCUT2D eigenvalue weighted by Gasteiger charge is 2.16. The molecule has 0 aliphatic heterocycles. The normalized spacial score (nSPS) is 12.7. The maximum Gasteiger partial charge on any atom is 0.127 e. The minimum absolute atomic E-state index is 0.110. The number of aryl methyl sites for hydroxylation is 2. The Morgan fingerprint density at radius 1 is 1.40 bits per heavy atom. The fourth-order valence-corrected chi connectivity index (χ4v) is 2.60. The van der Waals surface area contributed by atoms with Crippen molar-refractivity contribution in [3.05, 3.63) is 52.1 Å². The van der Waals surface area contributed by atoms with E-state index in [-0.39, 0.29) is 11.9 Å². The van der Waals surface area contributed by atoms with E-state index in [1.165, 1.54) is 6.07 Å². The maximum atomic E-state index is 13.8. The van der Waals surface area contributed by atoms with Crippen molar-refractivity contribution in [1.82, 2.24) is 15.1 Å². The molecule has 108 valence electrons. The van der Waals surface area contributed by atoms with Crippen LogP contribution < -0.4 is 5.32 Å². The summed E-state index contributed by atoms with van der Waals surface area (Å²) in [5.41, 5.74) is 2.67. The molecule has 0 saturated carbocycles. The molecule has 20 heavy (non-hydrogen) atoms. The summed E-state index contributed by atoms with van der Waals surface area (Å²) < 4.78 is 15.7. The van der Waals surface area contributed by atoms with Crippen LogP contribution in [-0.2, 0) is 19.9 Å². The lowest BCUT2D eigenvalue weighted by atomic mass is 10.0. The number of halogens is 2. The van der Waals surface area contributed by atoms with E-state index in [1.54, 1.807) is 12.1 Å². The average Bonchev–Trinajstić information content (AvgIpc) is 2.71. The van der Waals surface area contributed by atoms with Gasteiger partial charge in [-0.2, -0.15) is 5.10 Å². The number of nitrogens with zero attached hydrogens (tertiary/aromatic N) is 2. The van der Waals surface area contributed by atoms with Gasteiger partial charge in [0.25, 0.3) is 0 Å². The van der Waals surface area contributed by atoms with E-state index in [2.05, 4.69) is 10.4 Å². The minimum atomic E-state index is -0.251. The van der Waals surface area contributed by atoms with E-state index in [1.807, 2.05) is 31.8 Å². The van der Waals surface area contributed by atoms with Crippen LogP contribution in [0.15, 0.2) is 24.3 Å². The topological polar surface area (TPSA) is 29.9 Å². The average molecular weight is 296 g/mol. The van der Waals surface area contributed by atoms with Crippen LogP contribution in [0.4, 0.5) is 4.39 Å². The Labute approximate surface area is 123 Å². The standard InChI is InChI=1S/C15H19ClFN3/c1-10-7-12(20(3)19-10)8-11(18-2)9-13-14(16)5-4-6-15(13)17/h4-7,11,18H,8-9H2,1-3H3. The molecule has 0 aliphatic rings. The summed E-state index contributed by atoms with van der Waals surface area (Å²) in [4.78, 5) is 0. The number of rotatable bonds is 5. The summed E-state index contributed by atoms with van der Waals surface area (Å²) in [5.74, 6) is -0.251. The Morgan fingerprint density at radius 2 is 2.15 bits per heavy atom. The Bertz CT molecular complexity index is 575. The minimum Gasteiger partial charge on any atom is -0.316 e. The summed E-state index contributed by atoms with van der Waals surface area (Å²) >= 11 is 6.08. The second-order valence-corrected chi connectivity index (χ2v) is 5.40. The first-order valence-electron chi connectivity index (χ1n) is 6.61. The van der Waals surface area contributed by atoms with Crippen LogP contribution >= 0.6 is 11.6 Å². The van der Waals surface area contributed by atoms with Crippen LogP contribution in [0.5, 0.6) is 0 Å². The van der Waals surface area contributed by atoms with Gasteiger partial charge in [0.1, 0.15) is 5.82 Å². The molecule has 0 saturated heterocycles. The second kappa shape index (κ2) is 6.37. The molecule has 1 atom stereocenters. The van der Waals surface area contributed by atoms with E-state index in [0.717, 1.165) is 17.8 Å². The first-order chi connectivity index (χ1) is 9.51. The fourth-order valence-electron chi connectivity index (χ4n) is 2.36. The van der Waals surface area contributed by atoms with Gasteiger partial charge in [-0.3, -0.25) is 4.68 Å². The summed E-state index contributed by atoms with van der Waals surface area (Å²) in [6, 6.07) is 6.95. The van der Waals surface area contributed by atoms with Crippen molar-refractivity contribution in [1.29, 1.82) is 0 Å². The molecule has 5 heteroatoms. The first-order valence-corrected chi connectivity index (χ1v) is 6.98. The van der Waals surface area contributed by atoms with Crippen molar-refractivity contribution in [2.45, 2.75) is 25.8 Å². The molecule has 1 aromatic carbocycles. The summed E-state index contributed by atoms with van der Waals surface area (Å²) in [6.07, 6.45) is 1.32. The first kappa shape index (κ1) is 15.0. The number of aromatic nitrogens is 2. The van der Waals surface area contributed by atoms with Crippen molar-refractivity contribution in [2.75, 3.05) is 7.05 Å². The van der Waals surface area contributed by atoms with Gasteiger partial charge in [-0.1, -0.05) is 17.7 Å². The Morgan fingerprint density at radius 3 is 2.70 bits per heavy atom. The number of likely N-dealkylation sites (N-methyl/N-ethyl adjacent to an activating group) is 1. The van der Waals surface area contributed by atoms with E-state index < -0.39 is 0 Å². The Kier molecular flexibility index (Phi) is 4.78. The van der Waals surface area contributed by atoms with Gasteiger partial charge in [-0.25, -0.2) is 4.39 Å². The van der Waals surface area contributed by atoms with Crippen LogP contribution in [0.3, 0.4) is 0 Å². The molecule has 0 bridgehead atoms. The third-order valence-electron chi connectivity index (χ3n) is 3.47. The SMILES string of the molecule is CNC(Cc1c(F)cccc1Cl)Cc1cc(C)nn1C. The monoisotopic (exact) mass is 295 g/mol. The molecule has 0 spiro atoms. The van der Waals surface area contributed by atoms with Gasteiger partial charge in [0.15, 0.2) is 0 Å². The zero-order chi connectivity index (χ0) is 14.7. The lowest BCUT2D eigenvalue weighted by Gasteiger charge is -2.17. The smallest absolute Gasteiger partial charge is 0.127 e. The van der Waals surface area contributed by atoms with Crippen LogP contribution in [0.25, 0.3) is 0 Å². The molecule has 0 amide bonds. The van der Waals surface area contributed by atoms with Crippen LogP contribution in [0, 0.1) is 12.7 Å². The third-order valence-corrected chi connectivity index (χ3v) is 3.83. The number of hydrogen-bond acceptors (Lipinski definition) is 2. The van der Waals surface area contributed by atoms with Crippen molar-refractivity contribution < 1.29 is 4.39 Å². The molecule has 0 aliphatic carbocycles. The van der Waals surface area contributed by atoms with Gasteiger partial charge < -0.3 is 5.32 Å². The van der Waals surface area contributed by atoms with Gasteiger partial charge >= 0.3 is 0 Å². The van der Waals surface area contributed by atoms with E-state index in [0.29, 0.717) is 17.0 Å². The zero-order valence-electron chi connectivity index (χ0n) is 12.0. The number of nitrogens with one attached hydrogen (secondary N) is 1. The maximum absolute atomic E-state index is 13.8. The summed E-state index contributed by atoms with van der Waals surface area (Å²) in [7, 11) is 3.80. The van der Waals surface area contributed by atoms with E-state index in [4.69, 9.17) is 11.6 Å². The largest absolute Gasteiger partial charge is 0.316 e. The third kappa shape index (κ3) is 3.38. The van der Waals surface area contributed by atoms with Gasteiger partial charge in [0.05, 0.1) is 5.69 Å². The summed E-state index contributed by atoms with van der Waals surface area (Å²) in [6.45, 7) is 1.96. The van der Waals surface area contributed by atoms with Crippen molar-refractivity contribution >= 4 is 11.6 Å². The zero-order valence-corrected chi connectivity index (χ0v) is 12.7. The number of benzene rings is 1. The van der Waals surface area contributed by atoms with Crippen molar-refractivity contribution in [3.8, 4) is 0 Å². The lowest BCUT2D eigenvalue weighted by molar-refractivity contribution is 0.516. The van der Waals surface area contributed by atoms with Crippen LogP contribution in [0.2, 0.25) is 5.02 Å². The van der Waals surface area contributed by atoms with Gasteiger partial charge in [-0.05, 0) is 38.6 Å². The molecule has 2 aromatic rings. The quantitative estimate of drug-likeness (QED) is 0.919. The van der Waals surface area contributed by atoms with Crippen molar-refractivity contribution in [3.63, 3.8) is 0 Å². The Hall–Kier alpha value is -1.39. The van der Waals surface area contributed by atoms with Gasteiger partial charge in [0.2, 0.25) is 0 Å². The van der Waals surface area contributed by atoms with Crippen LogP contribution in [-0.4, -0.2) is 22.9 Å². The highest BCUT2D eigenvalue weighted by molar-refractivity contribution is 6.31. The predicted octanol–water partition coefficient (Wildman–Crippen LogP) is 2.89. The molecule has 0 fully saturated rings. The van der Waals surface area contributed by atoms with Crippen LogP contribution in [0.1, 0.15) is 17.0 Å². The van der Waals surface area contributed by atoms with Gasteiger partial charge in [0, 0.05) is 35.8 Å². The van der Waals surface area contributed by atoms with Gasteiger partial charge in [-0.15, -0.1) is 0 Å². The molecular formula is C15H19ClFN3. The summed E-state index contributed by atoms with van der Waals surface area (Å²) in [5, 5.41) is 8.03. The molecule has 1 N–H and O–H groups in total. The molecule has 2 rings (SSSR count). The van der Waals surface area contributed by atoms with Crippen molar-refractivity contribution in [2.24, 2.45) is 7.05 Å². The fraction of sp³-hybridized carbons (Fsp3) is 0.400. The lowest BCUT2D eigenvalue weighted by Crippen LogP contribution is -2.31. The molecule has 1 unspecified atom stereocenters. The molecule has 0 radical (unpaired) electrons. The van der Waals surface area contributed by atoms with E-state index >= 15 is 0 Å². The second-order valence-electron chi connectivity index (χ2n) is 4.99. The molecule has 3 nitrogen and oxygen atoms in total. The molecular weight excluding hydrogens is 277 g/mol. The predicted molar refractivity (Wildman–Crippen MR) is 79.6 cm³/mol. The highest BCUT2D eigenvalue weighted by Crippen LogP contribution is 2.21. The molecule has 1 aromatic heterocycles. The number of hydrogen-bond donors (Lipinski definition) is 1. The highest BCUT2D eigenvalue weighted by atomic mass is 35.5. The Balaban J connectivity index is 2.15. The van der Waals surface area contributed by atoms with E-state index in [9.17, 15) is 4.39 Å². The molecule has 1 heterocycles.